The Morgan fingerprint density at radius 1 is 1.00 bits per heavy atom. The van der Waals surface area contributed by atoms with Crippen LogP contribution < -0.4 is 0 Å². The van der Waals surface area contributed by atoms with Crippen LogP contribution in [0.4, 0.5) is 0 Å². The molecular formula is C18H13ClN2O. The highest BCUT2D eigenvalue weighted by Crippen LogP contribution is 2.27. The lowest BCUT2D eigenvalue weighted by Gasteiger charge is -2.07. The van der Waals surface area contributed by atoms with Crippen molar-refractivity contribution < 1.29 is 4.42 Å². The molecule has 0 atom stereocenters. The number of nitrogens with zero attached hydrogens (tertiary/aromatic N) is 2. The summed E-state index contributed by atoms with van der Waals surface area (Å²) in [5.74, 6) is 0.803. The number of halogens is 1. The molecule has 4 rings (SSSR count). The average molecular weight is 309 g/mol. The van der Waals surface area contributed by atoms with Crippen LogP contribution in [-0.2, 0) is 0 Å². The van der Waals surface area contributed by atoms with Gasteiger partial charge in [0.2, 0.25) is 0 Å². The molecule has 0 aliphatic heterocycles. The second kappa shape index (κ2) is 5.04. The number of hydrogen-bond acceptors (Lipinski definition) is 2. The number of fused-ring (bicyclic) bond motifs is 1. The highest BCUT2D eigenvalue weighted by atomic mass is 35.5. The lowest BCUT2D eigenvalue weighted by atomic mass is 10.1. The molecule has 4 aromatic rings. The fourth-order valence-corrected chi connectivity index (χ4v) is 2.81. The van der Waals surface area contributed by atoms with Crippen LogP contribution in [-0.4, -0.2) is 9.78 Å². The van der Waals surface area contributed by atoms with Crippen LogP contribution in [0.5, 0.6) is 0 Å². The normalized spacial score (nSPS) is 11.2. The summed E-state index contributed by atoms with van der Waals surface area (Å²) in [6, 6.07) is 17.9. The third-order valence-electron chi connectivity index (χ3n) is 3.64. The van der Waals surface area contributed by atoms with Gasteiger partial charge >= 0.3 is 0 Å². The van der Waals surface area contributed by atoms with Gasteiger partial charge in [-0.05, 0) is 60.2 Å². The van der Waals surface area contributed by atoms with Gasteiger partial charge in [0.25, 0.3) is 0 Å². The SMILES string of the molecule is Cc1cc(-c2ccco2)n(-c2ccc3cc(Cl)ccc3c2)n1. The maximum Gasteiger partial charge on any atom is 0.152 e. The molecule has 0 aliphatic carbocycles. The van der Waals surface area contributed by atoms with Crippen LogP contribution in [0.15, 0.2) is 65.3 Å². The molecule has 0 spiro atoms. The molecule has 108 valence electrons. The highest BCUT2D eigenvalue weighted by molar-refractivity contribution is 6.31. The largest absolute Gasteiger partial charge is 0.463 e. The van der Waals surface area contributed by atoms with E-state index in [0.717, 1.165) is 38.6 Å². The molecule has 0 aliphatic rings. The van der Waals surface area contributed by atoms with Crippen molar-refractivity contribution in [2.24, 2.45) is 0 Å². The number of aromatic nitrogens is 2. The van der Waals surface area contributed by atoms with Gasteiger partial charge in [0.15, 0.2) is 5.76 Å². The molecule has 2 heterocycles. The molecule has 0 amide bonds. The van der Waals surface area contributed by atoms with E-state index in [-0.39, 0.29) is 0 Å². The Balaban J connectivity index is 1.90. The van der Waals surface area contributed by atoms with Crippen LogP contribution >= 0.6 is 11.6 Å². The first-order chi connectivity index (χ1) is 10.7. The summed E-state index contributed by atoms with van der Waals surface area (Å²) in [4.78, 5) is 0. The fraction of sp³-hybridized carbons (Fsp3) is 0.0556. The summed E-state index contributed by atoms with van der Waals surface area (Å²) in [5.41, 5.74) is 2.88. The number of furan rings is 1. The number of hydrogen-bond donors (Lipinski definition) is 0. The number of benzene rings is 2. The van der Waals surface area contributed by atoms with Crippen molar-refractivity contribution in [3.05, 3.63) is 71.6 Å². The monoisotopic (exact) mass is 308 g/mol. The molecule has 0 unspecified atom stereocenters. The van der Waals surface area contributed by atoms with Crippen LogP contribution in [0.1, 0.15) is 5.69 Å². The minimum atomic E-state index is 0.742. The van der Waals surface area contributed by atoms with Gasteiger partial charge in [-0.2, -0.15) is 5.10 Å². The Hall–Kier alpha value is -2.52. The molecule has 0 fully saturated rings. The molecule has 0 bridgehead atoms. The predicted molar refractivity (Wildman–Crippen MR) is 88.5 cm³/mol. The Kier molecular flexibility index (Phi) is 3.01. The molecule has 0 N–H and O–H groups in total. The van der Waals surface area contributed by atoms with Gasteiger partial charge in [-0.15, -0.1) is 0 Å². The minimum absolute atomic E-state index is 0.742. The molecular weight excluding hydrogens is 296 g/mol. The second-order valence-electron chi connectivity index (χ2n) is 5.24. The first-order valence-electron chi connectivity index (χ1n) is 7.01. The van der Waals surface area contributed by atoms with Crippen molar-refractivity contribution in [3.8, 4) is 17.1 Å². The molecule has 0 saturated heterocycles. The zero-order valence-electron chi connectivity index (χ0n) is 12.0. The van der Waals surface area contributed by atoms with E-state index < -0.39 is 0 Å². The van der Waals surface area contributed by atoms with E-state index in [1.165, 1.54) is 0 Å². The number of aryl methyl sites for hydroxylation is 1. The van der Waals surface area contributed by atoms with Gasteiger partial charge in [0.05, 0.1) is 17.6 Å². The molecule has 4 heteroatoms. The zero-order chi connectivity index (χ0) is 15.1. The predicted octanol–water partition coefficient (Wildman–Crippen LogP) is 5.25. The maximum absolute atomic E-state index is 6.04. The van der Waals surface area contributed by atoms with Crippen LogP contribution in [0.25, 0.3) is 27.9 Å². The first-order valence-corrected chi connectivity index (χ1v) is 7.39. The molecule has 3 nitrogen and oxygen atoms in total. The Labute approximate surface area is 132 Å². The van der Waals surface area contributed by atoms with E-state index in [1.54, 1.807) is 6.26 Å². The average Bonchev–Trinajstić information content (AvgIpc) is 3.15. The fourth-order valence-electron chi connectivity index (χ4n) is 2.63. The second-order valence-corrected chi connectivity index (χ2v) is 5.67. The summed E-state index contributed by atoms with van der Waals surface area (Å²) < 4.78 is 7.42. The first kappa shape index (κ1) is 13.2. The highest BCUT2D eigenvalue weighted by Gasteiger charge is 2.12. The van der Waals surface area contributed by atoms with Crippen molar-refractivity contribution in [3.63, 3.8) is 0 Å². The van der Waals surface area contributed by atoms with Crippen molar-refractivity contribution in [1.82, 2.24) is 9.78 Å². The van der Waals surface area contributed by atoms with Gasteiger partial charge in [-0.1, -0.05) is 23.7 Å². The molecule has 0 radical (unpaired) electrons. The summed E-state index contributed by atoms with van der Waals surface area (Å²) in [5, 5.41) is 7.57. The van der Waals surface area contributed by atoms with E-state index >= 15 is 0 Å². The third kappa shape index (κ3) is 2.20. The zero-order valence-corrected chi connectivity index (χ0v) is 12.7. The third-order valence-corrected chi connectivity index (χ3v) is 3.87. The standard InChI is InChI=1S/C18H13ClN2O/c1-12-9-17(18-3-2-8-22-18)21(20-12)16-7-5-13-10-15(19)6-4-14(13)11-16/h2-11H,1H3. The summed E-state index contributed by atoms with van der Waals surface area (Å²) in [6.45, 7) is 1.98. The van der Waals surface area contributed by atoms with Gasteiger partial charge in [0.1, 0.15) is 5.69 Å². The minimum Gasteiger partial charge on any atom is -0.463 e. The van der Waals surface area contributed by atoms with E-state index in [9.17, 15) is 0 Å². The van der Waals surface area contributed by atoms with Gasteiger partial charge < -0.3 is 4.42 Å². The van der Waals surface area contributed by atoms with E-state index in [0.29, 0.717) is 0 Å². The van der Waals surface area contributed by atoms with E-state index in [4.69, 9.17) is 16.0 Å². The quantitative estimate of drug-likeness (QED) is 0.506. The van der Waals surface area contributed by atoms with Gasteiger partial charge in [-0.25, -0.2) is 4.68 Å². The van der Waals surface area contributed by atoms with Crippen molar-refractivity contribution in [2.75, 3.05) is 0 Å². The topological polar surface area (TPSA) is 31.0 Å². The summed E-state index contributed by atoms with van der Waals surface area (Å²) >= 11 is 6.04. The van der Waals surface area contributed by atoms with Crippen molar-refractivity contribution in [1.29, 1.82) is 0 Å². The molecule has 2 aromatic heterocycles. The molecule has 2 aromatic carbocycles. The van der Waals surface area contributed by atoms with Gasteiger partial charge in [-0.3, -0.25) is 0 Å². The Morgan fingerprint density at radius 3 is 2.64 bits per heavy atom. The number of rotatable bonds is 2. The molecule has 0 saturated carbocycles. The lowest BCUT2D eigenvalue weighted by Crippen LogP contribution is -1.98. The van der Waals surface area contributed by atoms with Crippen molar-refractivity contribution >= 4 is 22.4 Å². The van der Waals surface area contributed by atoms with Crippen LogP contribution in [0, 0.1) is 6.92 Å². The Bertz CT molecular complexity index is 955. The van der Waals surface area contributed by atoms with Crippen LogP contribution in [0.2, 0.25) is 5.02 Å². The van der Waals surface area contributed by atoms with Gasteiger partial charge in [0, 0.05) is 5.02 Å². The lowest BCUT2D eigenvalue weighted by molar-refractivity contribution is 0.577. The van der Waals surface area contributed by atoms with E-state index in [1.807, 2.05) is 54.1 Å². The van der Waals surface area contributed by atoms with E-state index in [2.05, 4.69) is 17.2 Å². The van der Waals surface area contributed by atoms with Crippen LogP contribution in [0.3, 0.4) is 0 Å². The van der Waals surface area contributed by atoms with Crippen molar-refractivity contribution in [2.45, 2.75) is 6.92 Å². The molecule has 22 heavy (non-hydrogen) atoms. The summed E-state index contributed by atoms with van der Waals surface area (Å²) in [6.07, 6.45) is 1.67. The smallest absolute Gasteiger partial charge is 0.152 e. The summed E-state index contributed by atoms with van der Waals surface area (Å²) in [7, 11) is 0. The Morgan fingerprint density at radius 2 is 1.82 bits per heavy atom. The maximum atomic E-state index is 6.04.